The molecule has 0 radical (unpaired) electrons. The average Bonchev–Trinajstić information content (AvgIpc) is 2.35. The molecule has 1 amide bonds. The minimum atomic E-state index is 0.112. The Morgan fingerprint density at radius 1 is 1.39 bits per heavy atom. The summed E-state index contributed by atoms with van der Waals surface area (Å²) in [5.41, 5.74) is 0. The van der Waals surface area contributed by atoms with Crippen LogP contribution in [0.2, 0.25) is 0 Å². The first-order chi connectivity index (χ1) is 8.63. The van der Waals surface area contributed by atoms with Gasteiger partial charge in [-0.15, -0.1) is 0 Å². The molecular weight excluding hydrogens is 228 g/mol. The average molecular weight is 256 g/mol. The molecule has 4 heteroatoms. The van der Waals surface area contributed by atoms with Crippen LogP contribution in [-0.4, -0.2) is 38.8 Å². The van der Waals surface area contributed by atoms with Gasteiger partial charge in [0.1, 0.15) is 0 Å². The molecule has 0 aromatic heterocycles. The zero-order valence-corrected chi connectivity index (χ0v) is 12.0. The topological polar surface area (TPSA) is 50.4 Å². The second kappa shape index (κ2) is 8.48. The predicted octanol–water partition coefficient (Wildman–Crippen LogP) is 1.55. The molecule has 1 aliphatic carbocycles. The summed E-state index contributed by atoms with van der Waals surface area (Å²) in [6, 6.07) is 0.378. The van der Waals surface area contributed by atoms with E-state index >= 15 is 0 Å². The lowest BCUT2D eigenvalue weighted by molar-refractivity contribution is -0.121. The zero-order valence-electron chi connectivity index (χ0n) is 12.0. The van der Waals surface area contributed by atoms with Crippen LogP contribution in [0.15, 0.2) is 0 Å². The van der Waals surface area contributed by atoms with Crippen molar-refractivity contribution in [1.82, 2.24) is 10.6 Å². The highest BCUT2D eigenvalue weighted by Crippen LogP contribution is 2.29. The van der Waals surface area contributed by atoms with Crippen molar-refractivity contribution in [3.63, 3.8) is 0 Å². The van der Waals surface area contributed by atoms with Gasteiger partial charge in [0, 0.05) is 19.7 Å². The molecule has 0 saturated heterocycles. The van der Waals surface area contributed by atoms with E-state index in [1.54, 1.807) is 7.11 Å². The first-order valence-corrected chi connectivity index (χ1v) is 7.12. The van der Waals surface area contributed by atoms with E-state index in [2.05, 4.69) is 24.5 Å². The Balaban J connectivity index is 2.18. The lowest BCUT2D eigenvalue weighted by Gasteiger charge is -2.32. The van der Waals surface area contributed by atoms with Crippen LogP contribution in [-0.2, 0) is 9.53 Å². The van der Waals surface area contributed by atoms with Gasteiger partial charge in [0.25, 0.3) is 0 Å². The standard InChI is InChI=1S/C14H28N2O2/c1-11(2)12-5-4-6-13(9-12)16-14(17)10-15-7-8-18-3/h11-13,15H,4-10H2,1-3H3,(H,16,17). The summed E-state index contributed by atoms with van der Waals surface area (Å²) in [5.74, 6) is 1.61. The van der Waals surface area contributed by atoms with Gasteiger partial charge >= 0.3 is 0 Å². The van der Waals surface area contributed by atoms with Crippen molar-refractivity contribution in [3.05, 3.63) is 0 Å². The summed E-state index contributed by atoms with van der Waals surface area (Å²) in [6.45, 7) is 6.32. The van der Waals surface area contributed by atoms with Crippen LogP contribution in [0.4, 0.5) is 0 Å². The minimum Gasteiger partial charge on any atom is -0.383 e. The highest BCUT2D eigenvalue weighted by molar-refractivity contribution is 5.78. The van der Waals surface area contributed by atoms with Gasteiger partial charge in [-0.25, -0.2) is 0 Å². The Kier molecular flexibility index (Phi) is 7.28. The summed E-state index contributed by atoms with van der Waals surface area (Å²) in [4.78, 5) is 11.7. The number of ether oxygens (including phenoxy) is 1. The Morgan fingerprint density at radius 3 is 2.83 bits per heavy atom. The van der Waals surface area contributed by atoms with Crippen LogP contribution in [0, 0.1) is 11.8 Å². The highest BCUT2D eigenvalue weighted by atomic mass is 16.5. The Bertz CT molecular complexity index is 244. The van der Waals surface area contributed by atoms with Crippen molar-refractivity contribution in [2.24, 2.45) is 11.8 Å². The number of hydrogen-bond acceptors (Lipinski definition) is 3. The molecule has 2 atom stereocenters. The van der Waals surface area contributed by atoms with E-state index in [9.17, 15) is 4.79 Å². The van der Waals surface area contributed by atoms with E-state index in [-0.39, 0.29) is 5.91 Å². The van der Waals surface area contributed by atoms with Gasteiger partial charge in [-0.1, -0.05) is 26.7 Å². The third kappa shape index (κ3) is 5.83. The maximum absolute atomic E-state index is 11.7. The molecule has 0 aliphatic heterocycles. The smallest absolute Gasteiger partial charge is 0.234 e. The fourth-order valence-electron chi connectivity index (χ4n) is 2.62. The summed E-state index contributed by atoms with van der Waals surface area (Å²) < 4.78 is 4.92. The lowest BCUT2D eigenvalue weighted by atomic mass is 9.79. The Labute approximate surface area is 111 Å². The molecule has 0 heterocycles. The van der Waals surface area contributed by atoms with E-state index in [0.29, 0.717) is 19.2 Å². The number of carbonyl (C=O) groups excluding carboxylic acids is 1. The number of methoxy groups -OCH3 is 1. The van der Waals surface area contributed by atoms with Gasteiger partial charge < -0.3 is 15.4 Å². The van der Waals surface area contributed by atoms with E-state index in [4.69, 9.17) is 4.74 Å². The van der Waals surface area contributed by atoms with Crippen molar-refractivity contribution in [1.29, 1.82) is 0 Å². The Hall–Kier alpha value is -0.610. The minimum absolute atomic E-state index is 0.112. The maximum Gasteiger partial charge on any atom is 0.234 e. The molecule has 2 N–H and O–H groups in total. The van der Waals surface area contributed by atoms with Crippen LogP contribution >= 0.6 is 0 Å². The molecule has 18 heavy (non-hydrogen) atoms. The highest BCUT2D eigenvalue weighted by Gasteiger charge is 2.24. The fourth-order valence-corrected chi connectivity index (χ4v) is 2.62. The van der Waals surface area contributed by atoms with Crippen molar-refractivity contribution in [2.75, 3.05) is 26.8 Å². The van der Waals surface area contributed by atoms with Gasteiger partial charge in [0.05, 0.1) is 13.2 Å². The number of carbonyl (C=O) groups is 1. The summed E-state index contributed by atoms with van der Waals surface area (Å²) in [7, 11) is 1.66. The molecule has 1 rings (SSSR count). The van der Waals surface area contributed by atoms with Crippen LogP contribution in [0.5, 0.6) is 0 Å². The quantitative estimate of drug-likeness (QED) is 0.680. The molecule has 1 fully saturated rings. The SMILES string of the molecule is COCCNCC(=O)NC1CCCC(C(C)C)C1. The Morgan fingerprint density at radius 2 is 2.17 bits per heavy atom. The van der Waals surface area contributed by atoms with Gasteiger partial charge in [-0.3, -0.25) is 4.79 Å². The fraction of sp³-hybridized carbons (Fsp3) is 0.929. The van der Waals surface area contributed by atoms with E-state index < -0.39 is 0 Å². The monoisotopic (exact) mass is 256 g/mol. The molecular formula is C14H28N2O2. The molecule has 1 saturated carbocycles. The van der Waals surface area contributed by atoms with Crippen molar-refractivity contribution in [3.8, 4) is 0 Å². The normalized spacial score (nSPS) is 24.2. The van der Waals surface area contributed by atoms with Gasteiger partial charge in [-0.05, 0) is 24.7 Å². The molecule has 106 valence electrons. The first-order valence-electron chi connectivity index (χ1n) is 7.12. The van der Waals surface area contributed by atoms with Crippen molar-refractivity contribution >= 4 is 5.91 Å². The summed E-state index contributed by atoms with van der Waals surface area (Å²) >= 11 is 0. The molecule has 0 spiro atoms. The van der Waals surface area contributed by atoms with Gasteiger partial charge in [0.15, 0.2) is 0 Å². The molecule has 0 aromatic carbocycles. The van der Waals surface area contributed by atoms with Gasteiger partial charge in [-0.2, -0.15) is 0 Å². The zero-order chi connectivity index (χ0) is 13.4. The van der Waals surface area contributed by atoms with Crippen LogP contribution in [0.3, 0.4) is 0 Å². The van der Waals surface area contributed by atoms with Crippen LogP contribution in [0.25, 0.3) is 0 Å². The van der Waals surface area contributed by atoms with Crippen molar-refractivity contribution in [2.45, 2.75) is 45.6 Å². The second-order valence-electron chi connectivity index (χ2n) is 5.60. The summed E-state index contributed by atoms with van der Waals surface area (Å²) in [5, 5.41) is 6.21. The van der Waals surface area contributed by atoms with E-state index in [0.717, 1.165) is 31.2 Å². The number of amides is 1. The lowest BCUT2D eigenvalue weighted by Crippen LogP contribution is -2.43. The summed E-state index contributed by atoms with van der Waals surface area (Å²) in [6.07, 6.45) is 4.83. The number of hydrogen-bond donors (Lipinski definition) is 2. The molecule has 0 aromatic rings. The van der Waals surface area contributed by atoms with E-state index in [1.165, 1.54) is 12.8 Å². The third-order valence-electron chi connectivity index (χ3n) is 3.79. The van der Waals surface area contributed by atoms with Crippen molar-refractivity contribution < 1.29 is 9.53 Å². The molecule has 2 unspecified atom stereocenters. The second-order valence-corrected chi connectivity index (χ2v) is 5.60. The van der Waals surface area contributed by atoms with E-state index in [1.807, 2.05) is 0 Å². The molecule has 1 aliphatic rings. The molecule has 0 bridgehead atoms. The predicted molar refractivity (Wildman–Crippen MR) is 73.5 cm³/mol. The van der Waals surface area contributed by atoms with Crippen LogP contribution < -0.4 is 10.6 Å². The first kappa shape index (κ1) is 15.4. The maximum atomic E-state index is 11.7. The van der Waals surface area contributed by atoms with Gasteiger partial charge in [0.2, 0.25) is 5.91 Å². The largest absolute Gasteiger partial charge is 0.383 e. The number of rotatable bonds is 7. The molecule has 4 nitrogen and oxygen atoms in total. The van der Waals surface area contributed by atoms with Crippen LogP contribution in [0.1, 0.15) is 39.5 Å². The number of nitrogens with one attached hydrogen (secondary N) is 2. The third-order valence-corrected chi connectivity index (χ3v) is 3.79.